The predicted molar refractivity (Wildman–Crippen MR) is 54.0 cm³/mol. The summed E-state index contributed by atoms with van der Waals surface area (Å²) < 4.78 is 15.2. The molecule has 1 fully saturated rings. The van der Waals surface area contributed by atoms with Gasteiger partial charge in [0.1, 0.15) is 11.8 Å². The third-order valence-corrected chi connectivity index (χ3v) is 2.26. The third-order valence-electron chi connectivity index (χ3n) is 2.26. The van der Waals surface area contributed by atoms with Crippen LogP contribution in [0.3, 0.4) is 0 Å². The molecule has 1 aromatic heterocycles. The average molecular weight is 226 g/mol. The van der Waals surface area contributed by atoms with Crippen molar-refractivity contribution in [3.05, 3.63) is 17.5 Å². The highest BCUT2D eigenvalue weighted by Crippen LogP contribution is 2.18. The summed E-state index contributed by atoms with van der Waals surface area (Å²) in [6, 6.07) is 1.57. The lowest BCUT2D eigenvalue weighted by Gasteiger charge is -2.21. The van der Waals surface area contributed by atoms with Crippen molar-refractivity contribution in [3.8, 4) is 0 Å². The SMILES string of the molecule is CCOC(=O)c1cc(C2CNCCO2)no1. The molecular weight excluding hydrogens is 212 g/mol. The lowest BCUT2D eigenvalue weighted by atomic mass is 10.2. The molecule has 0 spiro atoms. The second-order valence-corrected chi connectivity index (χ2v) is 3.40. The fraction of sp³-hybridized carbons (Fsp3) is 0.600. The normalized spacial score (nSPS) is 20.7. The minimum absolute atomic E-state index is 0.117. The molecule has 6 heteroatoms. The van der Waals surface area contributed by atoms with E-state index in [2.05, 4.69) is 10.5 Å². The molecule has 6 nitrogen and oxygen atoms in total. The molecule has 1 aliphatic rings. The summed E-state index contributed by atoms with van der Waals surface area (Å²) in [4.78, 5) is 11.3. The zero-order valence-electron chi connectivity index (χ0n) is 9.06. The van der Waals surface area contributed by atoms with E-state index in [9.17, 15) is 4.79 Å². The summed E-state index contributed by atoms with van der Waals surface area (Å²) in [5.74, 6) is -0.379. The Morgan fingerprint density at radius 1 is 1.75 bits per heavy atom. The molecule has 0 amide bonds. The number of morpholine rings is 1. The number of rotatable bonds is 3. The van der Waals surface area contributed by atoms with E-state index in [0.29, 0.717) is 25.5 Å². The highest BCUT2D eigenvalue weighted by molar-refractivity contribution is 5.86. The van der Waals surface area contributed by atoms with Crippen molar-refractivity contribution >= 4 is 5.97 Å². The topological polar surface area (TPSA) is 73.6 Å². The molecular formula is C10H14N2O4. The third kappa shape index (κ3) is 2.40. The first-order chi connectivity index (χ1) is 7.81. The summed E-state index contributed by atoms with van der Waals surface area (Å²) in [7, 11) is 0. The molecule has 1 N–H and O–H groups in total. The summed E-state index contributed by atoms with van der Waals surface area (Å²) in [6.07, 6.45) is -0.152. The Labute approximate surface area is 92.9 Å². The van der Waals surface area contributed by atoms with Crippen molar-refractivity contribution in [1.29, 1.82) is 0 Å². The molecule has 2 heterocycles. The fourth-order valence-corrected chi connectivity index (χ4v) is 1.49. The van der Waals surface area contributed by atoms with E-state index < -0.39 is 5.97 Å². The number of carbonyl (C=O) groups is 1. The van der Waals surface area contributed by atoms with Crippen LogP contribution in [-0.4, -0.2) is 37.4 Å². The standard InChI is InChI=1S/C10H14N2O4/c1-2-14-10(13)8-5-7(12-16-8)9-6-11-3-4-15-9/h5,9,11H,2-4,6H2,1H3. The molecule has 0 bridgehead atoms. The molecule has 1 aliphatic heterocycles. The van der Waals surface area contributed by atoms with Crippen LogP contribution in [0.4, 0.5) is 0 Å². The lowest BCUT2D eigenvalue weighted by Crippen LogP contribution is -2.33. The van der Waals surface area contributed by atoms with E-state index in [1.54, 1.807) is 13.0 Å². The van der Waals surface area contributed by atoms with E-state index in [-0.39, 0.29) is 11.9 Å². The van der Waals surface area contributed by atoms with Gasteiger partial charge in [-0.2, -0.15) is 0 Å². The number of hydrogen-bond acceptors (Lipinski definition) is 6. The van der Waals surface area contributed by atoms with Crippen molar-refractivity contribution in [2.45, 2.75) is 13.0 Å². The van der Waals surface area contributed by atoms with Crippen molar-refractivity contribution in [3.63, 3.8) is 0 Å². The van der Waals surface area contributed by atoms with Gasteiger partial charge in [0.15, 0.2) is 0 Å². The molecule has 1 atom stereocenters. The molecule has 1 aromatic rings. The molecule has 1 unspecified atom stereocenters. The second kappa shape index (κ2) is 5.09. The summed E-state index contributed by atoms with van der Waals surface area (Å²) in [5.41, 5.74) is 0.621. The van der Waals surface area contributed by atoms with Crippen LogP contribution in [0.5, 0.6) is 0 Å². The summed E-state index contributed by atoms with van der Waals surface area (Å²) in [6.45, 7) is 4.19. The fourth-order valence-electron chi connectivity index (χ4n) is 1.49. The van der Waals surface area contributed by atoms with Crippen molar-refractivity contribution < 1.29 is 18.8 Å². The Morgan fingerprint density at radius 3 is 3.31 bits per heavy atom. The predicted octanol–water partition coefficient (Wildman–Crippen LogP) is 0.512. The van der Waals surface area contributed by atoms with Gasteiger partial charge in [0, 0.05) is 19.2 Å². The van der Waals surface area contributed by atoms with E-state index in [1.165, 1.54) is 0 Å². The number of esters is 1. The van der Waals surface area contributed by atoms with E-state index in [1.807, 2.05) is 0 Å². The van der Waals surface area contributed by atoms with Gasteiger partial charge in [0.2, 0.25) is 5.76 Å². The van der Waals surface area contributed by atoms with Crippen LogP contribution in [0.2, 0.25) is 0 Å². The van der Waals surface area contributed by atoms with Crippen LogP contribution < -0.4 is 5.32 Å². The first-order valence-corrected chi connectivity index (χ1v) is 5.27. The Hall–Kier alpha value is -1.40. The first-order valence-electron chi connectivity index (χ1n) is 5.27. The molecule has 0 saturated carbocycles. The van der Waals surface area contributed by atoms with Crippen molar-refractivity contribution in [2.75, 3.05) is 26.3 Å². The molecule has 0 aromatic carbocycles. The maximum Gasteiger partial charge on any atom is 0.377 e. The second-order valence-electron chi connectivity index (χ2n) is 3.40. The molecule has 16 heavy (non-hydrogen) atoms. The lowest BCUT2D eigenvalue weighted by molar-refractivity contribution is 0.0230. The Bertz CT molecular complexity index is 357. The van der Waals surface area contributed by atoms with Gasteiger partial charge in [-0.3, -0.25) is 0 Å². The highest BCUT2D eigenvalue weighted by Gasteiger charge is 2.22. The first kappa shape index (κ1) is 11.1. The minimum Gasteiger partial charge on any atom is -0.460 e. The van der Waals surface area contributed by atoms with E-state index in [0.717, 1.165) is 6.54 Å². The van der Waals surface area contributed by atoms with Crippen LogP contribution in [-0.2, 0) is 9.47 Å². The number of hydrogen-bond donors (Lipinski definition) is 1. The highest BCUT2D eigenvalue weighted by atomic mass is 16.6. The Balaban J connectivity index is 2.03. The van der Waals surface area contributed by atoms with Gasteiger partial charge in [-0.1, -0.05) is 5.16 Å². The maximum absolute atomic E-state index is 11.3. The van der Waals surface area contributed by atoms with Gasteiger partial charge >= 0.3 is 5.97 Å². The minimum atomic E-state index is -0.495. The number of ether oxygens (including phenoxy) is 2. The van der Waals surface area contributed by atoms with Crippen molar-refractivity contribution in [1.82, 2.24) is 10.5 Å². The van der Waals surface area contributed by atoms with Gasteiger partial charge in [-0.15, -0.1) is 0 Å². The summed E-state index contributed by atoms with van der Waals surface area (Å²) in [5, 5.41) is 6.98. The van der Waals surface area contributed by atoms with Crippen LogP contribution in [0.15, 0.2) is 10.6 Å². The molecule has 2 rings (SSSR count). The summed E-state index contributed by atoms with van der Waals surface area (Å²) >= 11 is 0. The number of nitrogens with one attached hydrogen (secondary N) is 1. The van der Waals surface area contributed by atoms with Gasteiger partial charge in [-0.25, -0.2) is 4.79 Å². The van der Waals surface area contributed by atoms with Crippen LogP contribution in [0.25, 0.3) is 0 Å². The van der Waals surface area contributed by atoms with E-state index >= 15 is 0 Å². The zero-order chi connectivity index (χ0) is 11.4. The molecule has 0 aliphatic carbocycles. The molecule has 1 saturated heterocycles. The Kier molecular flexibility index (Phi) is 3.53. The van der Waals surface area contributed by atoms with Crippen LogP contribution >= 0.6 is 0 Å². The largest absolute Gasteiger partial charge is 0.460 e. The van der Waals surface area contributed by atoms with Gasteiger partial charge in [0.25, 0.3) is 0 Å². The van der Waals surface area contributed by atoms with Crippen LogP contribution in [0, 0.1) is 0 Å². The maximum atomic E-state index is 11.3. The quantitative estimate of drug-likeness (QED) is 0.757. The average Bonchev–Trinajstić information content (AvgIpc) is 2.80. The van der Waals surface area contributed by atoms with E-state index in [4.69, 9.17) is 14.0 Å². The molecule has 0 radical (unpaired) electrons. The van der Waals surface area contributed by atoms with Gasteiger partial charge in [-0.05, 0) is 6.92 Å². The van der Waals surface area contributed by atoms with Gasteiger partial charge < -0.3 is 19.3 Å². The van der Waals surface area contributed by atoms with Gasteiger partial charge in [0.05, 0.1) is 13.2 Å². The van der Waals surface area contributed by atoms with Crippen LogP contribution in [0.1, 0.15) is 29.3 Å². The molecule has 88 valence electrons. The monoisotopic (exact) mass is 226 g/mol. The van der Waals surface area contributed by atoms with Crippen molar-refractivity contribution in [2.24, 2.45) is 0 Å². The number of aromatic nitrogens is 1. The zero-order valence-corrected chi connectivity index (χ0v) is 9.06. The number of nitrogens with zero attached hydrogens (tertiary/aromatic N) is 1. The number of carbonyl (C=O) groups excluding carboxylic acids is 1. The smallest absolute Gasteiger partial charge is 0.377 e. The Morgan fingerprint density at radius 2 is 2.62 bits per heavy atom.